The number of carbonyl (C=O) groups excluding carboxylic acids is 1. The molecular formula is C20H31FN2O2. The Morgan fingerprint density at radius 1 is 1.24 bits per heavy atom. The van der Waals surface area contributed by atoms with Crippen molar-refractivity contribution in [1.29, 1.82) is 0 Å². The molecule has 1 amide bonds. The summed E-state index contributed by atoms with van der Waals surface area (Å²) >= 11 is 0. The van der Waals surface area contributed by atoms with Crippen molar-refractivity contribution in [2.75, 3.05) is 33.4 Å². The SMILES string of the molecule is CCC(CC(=O)N1CC(C)N(CCOC)C(C)C1)c1ccc(F)cc1. The maximum absolute atomic E-state index is 13.1. The summed E-state index contributed by atoms with van der Waals surface area (Å²) in [5.74, 6) is 0.103. The number of halogens is 1. The second-order valence-corrected chi connectivity index (χ2v) is 7.09. The summed E-state index contributed by atoms with van der Waals surface area (Å²) in [6.45, 7) is 9.54. The van der Waals surface area contributed by atoms with Gasteiger partial charge in [0.2, 0.25) is 5.91 Å². The van der Waals surface area contributed by atoms with E-state index >= 15 is 0 Å². The van der Waals surface area contributed by atoms with Crippen LogP contribution < -0.4 is 0 Å². The van der Waals surface area contributed by atoms with Crippen LogP contribution in [0.5, 0.6) is 0 Å². The number of hydrogen-bond donors (Lipinski definition) is 0. The van der Waals surface area contributed by atoms with Gasteiger partial charge in [0.1, 0.15) is 5.82 Å². The number of methoxy groups -OCH3 is 1. The summed E-state index contributed by atoms with van der Waals surface area (Å²) < 4.78 is 18.3. The minimum atomic E-state index is -0.236. The predicted octanol–water partition coefficient (Wildman–Crippen LogP) is 3.28. The molecule has 2 rings (SSSR count). The first kappa shape index (κ1) is 19.9. The van der Waals surface area contributed by atoms with Crippen molar-refractivity contribution < 1.29 is 13.9 Å². The van der Waals surface area contributed by atoms with E-state index in [1.165, 1.54) is 12.1 Å². The Balaban J connectivity index is 1.97. The average Bonchev–Trinajstić information content (AvgIpc) is 2.59. The van der Waals surface area contributed by atoms with Crippen molar-refractivity contribution >= 4 is 5.91 Å². The minimum Gasteiger partial charge on any atom is -0.383 e. The normalized spacial score (nSPS) is 22.8. The number of carbonyl (C=O) groups is 1. The fraction of sp³-hybridized carbons (Fsp3) is 0.650. The van der Waals surface area contributed by atoms with Crippen LogP contribution in [0.15, 0.2) is 24.3 Å². The molecule has 0 N–H and O–H groups in total. The molecule has 3 atom stereocenters. The number of ether oxygens (including phenoxy) is 1. The quantitative estimate of drug-likeness (QED) is 0.757. The molecule has 0 saturated carbocycles. The van der Waals surface area contributed by atoms with E-state index in [4.69, 9.17) is 4.74 Å². The number of benzene rings is 1. The summed E-state index contributed by atoms with van der Waals surface area (Å²) in [6, 6.07) is 7.19. The summed E-state index contributed by atoms with van der Waals surface area (Å²) in [6.07, 6.45) is 1.36. The molecule has 140 valence electrons. The molecule has 25 heavy (non-hydrogen) atoms. The summed E-state index contributed by atoms with van der Waals surface area (Å²) in [5.41, 5.74) is 1.04. The zero-order valence-corrected chi connectivity index (χ0v) is 15.9. The van der Waals surface area contributed by atoms with Gasteiger partial charge < -0.3 is 9.64 Å². The van der Waals surface area contributed by atoms with Crippen LogP contribution in [0, 0.1) is 5.82 Å². The Morgan fingerprint density at radius 3 is 2.36 bits per heavy atom. The molecule has 1 aromatic carbocycles. The van der Waals surface area contributed by atoms with Crippen LogP contribution in [-0.4, -0.2) is 61.1 Å². The smallest absolute Gasteiger partial charge is 0.223 e. The standard InChI is InChI=1S/C20H31FN2O2/c1-5-17(18-6-8-19(21)9-7-18)12-20(24)22-13-15(2)23(10-11-25-4)16(3)14-22/h6-9,15-17H,5,10-14H2,1-4H3. The number of rotatable bonds is 7. The Bertz CT molecular complexity index is 537. The molecule has 1 fully saturated rings. The van der Waals surface area contributed by atoms with Crippen molar-refractivity contribution in [2.24, 2.45) is 0 Å². The third-order valence-electron chi connectivity index (χ3n) is 5.26. The first-order valence-electron chi connectivity index (χ1n) is 9.24. The van der Waals surface area contributed by atoms with Gasteiger partial charge in [0.05, 0.1) is 6.61 Å². The van der Waals surface area contributed by atoms with E-state index in [9.17, 15) is 9.18 Å². The molecule has 1 aromatic rings. The number of nitrogens with zero attached hydrogens (tertiary/aromatic N) is 2. The first-order chi connectivity index (χ1) is 12.0. The van der Waals surface area contributed by atoms with Crippen LogP contribution in [0.1, 0.15) is 45.1 Å². The van der Waals surface area contributed by atoms with Crippen LogP contribution in [0.2, 0.25) is 0 Å². The molecular weight excluding hydrogens is 319 g/mol. The van der Waals surface area contributed by atoms with Crippen molar-refractivity contribution in [3.05, 3.63) is 35.6 Å². The summed E-state index contributed by atoms with van der Waals surface area (Å²) in [4.78, 5) is 17.2. The van der Waals surface area contributed by atoms with E-state index in [1.807, 2.05) is 4.90 Å². The molecule has 4 nitrogen and oxygen atoms in total. The second kappa shape index (κ2) is 9.30. The molecule has 1 heterocycles. The second-order valence-electron chi connectivity index (χ2n) is 7.09. The molecule has 0 aromatic heterocycles. The lowest BCUT2D eigenvalue weighted by Crippen LogP contribution is -2.58. The van der Waals surface area contributed by atoms with E-state index in [0.717, 1.165) is 31.6 Å². The van der Waals surface area contributed by atoms with Crippen LogP contribution in [0.25, 0.3) is 0 Å². The Morgan fingerprint density at radius 2 is 1.84 bits per heavy atom. The van der Waals surface area contributed by atoms with Gasteiger partial charge in [-0.2, -0.15) is 0 Å². The van der Waals surface area contributed by atoms with Crippen LogP contribution in [-0.2, 0) is 9.53 Å². The maximum Gasteiger partial charge on any atom is 0.223 e. The van der Waals surface area contributed by atoms with Gasteiger partial charge in [-0.15, -0.1) is 0 Å². The van der Waals surface area contributed by atoms with E-state index in [2.05, 4.69) is 25.7 Å². The van der Waals surface area contributed by atoms with Crippen LogP contribution in [0.3, 0.4) is 0 Å². The minimum absolute atomic E-state index is 0.144. The Kier molecular flexibility index (Phi) is 7.38. The van der Waals surface area contributed by atoms with E-state index in [0.29, 0.717) is 25.1 Å². The van der Waals surface area contributed by atoms with Gasteiger partial charge in [0.25, 0.3) is 0 Å². The van der Waals surface area contributed by atoms with Crippen LogP contribution >= 0.6 is 0 Å². The Hall–Kier alpha value is -1.46. The third kappa shape index (κ3) is 5.25. The fourth-order valence-electron chi connectivity index (χ4n) is 3.77. The zero-order chi connectivity index (χ0) is 18.4. The molecule has 1 aliphatic heterocycles. The van der Waals surface area contributed by atoms with Gasteiger partial charge in [-0.25, -0.2) is 4.39 Å². The maximum atomic E-state index is 13.1. The number of amides is 1. The molecule has 1 saturated heterocycles. The van der Waals surface area contributed by atoms with Crippen molar-refractivity contribution in [3.8, 4) is 0 Å². The topological polar surface area (TPSA) is 32.8 Å². The largest absolute Gasteiger partial charge is 0.383 e. The monoisotopic (exact) mass is 350 g/mol. The van der Waals surface area contributed by atoms with E-state index < -0.39 is 0 Å². The Labute approximate surface area is 150 Å². The van der Waals surface area contributed by atoms with Gasteiger partial charge in [0.15, 0.2) is 0 Å². The van der Waals surface area contributed by atoms with Crippen molar-refractivity contribution in [2.45, 2.75) is 51.6 Å². The third-order valence-corrected chi connectivity index (χ3v) is 5.26. The van der Waals surface area contributed by atoms with Crippen LogP contribution in [0.4, 0.5) is 4.39 Å². The summed E-state index contributed by atoms with van der Waals surface area (Å²) in [5, 5.41) is 0. The highest BCUT2D eigenvalue weighted by atomic mass is 19.1. The van der Waals surface area contributed by atoms with Gasteiger partial charge in [-0.05, 0) is 43.9 Å². The molecule has 0 radical (unpaired) electrons. The average molecular weight is 350 g/mol. The molecule has 0 spiro atoms. The van der Waals surface area contributed by atoms with Crippen molar-refractivity contribution in [1.82, 2.24) is 9.80 Å². The van der Waals surface area contributed by atoms with Crippen molar-refractivity contribution in [3.63, 3.8) is 0 Å². The fourth-order valence-corrected chi connectivity index (χ4v) is 3.77. The number of hydrogen-bond acceptors (Lipinski definition) is 3. The van der Waals surface area contributed by atoms with Gasteiger partial charge in [-0.3, -0.25) is 9.69 Å². The first-order valence-corrected chi connectivity index (χ1v) is 9.24. The highest BCUT2D eigenvalue weighted by molar-refractivity contribution is 5.77. The highest BCUT2D eigenvalue weighted by Crippen LogP contribution is 2.26. The highest BCUT2D eigenvalue weighted by Gasteiger charge is 2.32. The number of piperazine rings is 1. The van der Waals surface area contributed by atoms with Gasteiger partial charge in [0, 0.05) is 45.2 Å². The molecule has 5 heteroatoms. The predicted molar refractivity (Wildman–Crippen MR) is 98.1 cm³/mol. The van der Waals surface area contributed by atoms with E-state index in [1.54, 1.807) is 19.2 Å². The van der Waals surface area contributed by atoms with E-state index in [-0.39, 0.29) is 17.6 Å². The molecule has 0 aliphatic carbocycles. The lowest BCUT2D eigenvalue weighted by molar-refractivity contribution is -0.136. The molecule has 0 bridgehead atoms. The van der Waals surface area contributed by atoms with Gasteiger partial charge >= 0.3 is 0 Å². The zero-order valence-electron chi connectivity index (χ0n) is 15.9. The molecule has 1 aliphatic rings. The lowest BCUT2D eigenvalue weighted by Gasteiger charge is -2.44. The summed E-state index contributed by atoms with van der Waals surface area (Å²) in [7, 11) is 1.72. The van der Waals surface area contributed by atoms with Gasteiger partial charge in [-0.1, -0.05) is 19.1 Å². The molecule has 3 unspecified atom stereocenters. The lowest BCUT2D eigenvalue weighted by atomic mass is 9.92.